The van der Waals surface area contributed by atoms with Crippen LogP contribution in [0.5, 0.6) is 5.75 Å². The summed E-state index contributed by atoms with van der Waals surface area (Å²) in [5.41, 5.74) is -2.02. The van der Waals surface area contributed by atoms with Gasteiger partial charge in [0.05, 0.1) is 16.5 Å². The molecule has 0 radical (unpaired) electrons. The first-order chi connectivity index (χ1) is 8.91. The van der Waals surface area contributed by atoms with Crippen molar-refractivity contribution in [2.24, 2.45) is 0 Å². The average molecular weight is 334 g/mol. The SMILES string of the molecule is COC(=O)C1(Oc2ccc(Br)c(F)c2[N+](=O)[O-])CC1. The number of nitrogens with zero attached hydrogens (tertiary/aromatic N) is 1. The van der Waals surface area contributed by atoms with Gasteiger partial charge in [0.2, 0.25) is 17.2 Å². The van der Waals surface area contributed by atoms with Crippen LogP contribution in [0, 0.1) is 15.9 Å². The first-order valence-electron chi connectivity index (χ1n) is 5.31. The monoisotopic (exact) mass is 333 g/mol. The Bertz CT molecular complexity index is 558. The van der Waals surface area contributed by atoms with Gasteiger partial charge in [0.15, 0.2) is 0 Å². The summed E-state index contributed by atoms with van der Waals surface area (Å²) < 4.78 is 23.5. The first kappa shape index (κ1) is 13.7. The summed E-state index contributed by atoms with van der Waals surface area (Å²) in [5, 5.41) is 10.9. The van der Waals surface area contributed by atoms with Crippen molar-refractivity contribution in [3.8, 4) is 5.75 Å². The highest BCUT2D eigenvalue weighted by atomic mass is 79.9. The number of nitro groups is 1. The fourth-order valence-corrected chi connectivity index (χ4v) is 1.95. The first-order valence-corrected chi connectivity index (χ1v) is 6.10. The number of hydrogen-bond donors (Lipinski definition) is 0. The Balaban J connectivity index is 2.39. The van der Waals surface area contributed by atoms with Crippen molar-refractivity contribution >= 4 is 27.6 Å². The summed E-state index contributed by atoms with van der Waals surface area (Å²) in [6.07, 6.45) is 0.767. The molecular formula is C11H9BrFNO5. The molecule has 0 aliphatic heterocycles. The lowest BCUT2D eigenvalue weighted by Gasteiger charge is -2.15. The van der Waals surface area contributed by atoms with Crippen molar-refractivity contribution in [2.75, 3.05) is 7.11 Å². The number of methoxy groups -OCH3 is 1. The number of rotatable bonds is 4. The molecule has 0 amide bonds. The van der Waals surface area contributed by atoms with Crippen molar-refractivity contribution < 1.29 is 23.6 Å². The molecule has 19 heavy (non-hydrogen) atoms. The van der Waals surface area contributed by atoms with Crippen molar-refractivity contribution in [1.82, 2.24) is 0 Å². The second kappa shape index (κ2) is 4.76. The highest BCUT2D eigenvalue weighted by Gasteiger charge is 2.55. The summed E-state index contributed by atoms with van der Waals surface area (Å²) in [6.45, 7) is 0. The molecule has 102 valence electrons. The number of ether oxygens (including phenoxy) is 2. The van der Waals surface area contributed by atoms with Crippen LogP contribution in [-0.2, 0) is 9.53 Å². The average Bonchev–Trinajstić information content (AvgIpc) is 3.13. The van der Waals surface area contributed by atoms with Gasteiger partial charge in [-0.25, -0.2) is 4.79 Å². The Kier molecular flexibility index (Phi) is 3.44. The van der Waals surface area contributed by atoms with Crippen molar-refractivity contribution in [3.05, 3.63) is 32.5 Å². The summed E-state index contributed by atoms with van der Waals surface area (Å²) >= 11 is 2.86. The van der Waals surface area contributed by atoms with Crippen LogP contribution in [0.1, 0.15) is 12.8 Å². The van der Waals surface area contributed by atoms with Gasteiger partial charge in [-0.15, -0.1) is 0 Å². The molecular weight excluding hydrogens is 325 g/mol. The summed E-state index contributed by atoms with van der Waals surface area (Å²) in [6, 6.07) is 2.53. The molecule has 0 atom stereocenters. The standard InChI is InChI=1S/C11H9BrFNO5/c1-18-10(15)11(4-5-11)19-7-3-2-6(12)8(13)9(7)14(16)17/h2-3H,4-5H2,1H3. The molecule has 0 bridgehead atoms. The van der Waals surface area contributed by atoms with Crippen LogP contribution in [0.4, 0.5) is 10.1 Å². The molecule has 0 heterocycles. The number of halogens is 2. The zero-order chi connectivity index (χ0) is 14.2. The van der Waals surface area contributed by atoms with Gasteiger partial charge in [-0.1, -0.05) is 0 Å². The van der Waals surface area contributed by atoms with Crippen LogP contribution < -0.4 is 4.74 Å². The minimum absolute atomic E-state index is 0.0468. The molecule has 1 aliphatic carbocycles. The number of carbonyl (C=O) groups excluding carboxylic acids is 1. The molecule has 0 N–H and O–H groups in total. The third kappa shape index (κ3) is 2.40. The quantitative estimate of drug-likeness (QED) is 0.480. The predicted octanol–water partition coefficient (Wildman–Crippen LogP) is 2.58. The van der Waals surface area contributed by atoms with E-state index in [1.54, 1.807) is 0 Å². The molecule has 0 spiro atoms. The lowest BCUT2D eigenvalue weighted by Crippen LogP contribution is -2.31. The number of benzene rings is 1. The van der Waals surface area contributed by atoms with Crippen LogP contribution in [0.25, 0.3) is 0 Å². The third-order valence-electron chi connectivity index (χ3n) is 2.78. The maximum atomic E-state index is 13.7. The Hall–Kier alpha value is -1.70. The van der Waals surface area contributed by atoms with Crippen LogP contribution in [0.2, 0.25) is 0 Å². The molecule has 2 rings (SSSR count). The van der Waals surface area contributed by atoms with Crippen LogP contribution >= 0.6 is 15.9 Å². The van der Waals surface area contributed by atoms with Gasteiger partial charge >= 0.3 is 11.7 Å². The summed E-state index contributed by atoms with van der Waals surface area (Å²) in [4.78, 5) is 21.5. The Labute approximate surface area is 115 Å². The van der Waals surface area contributed by atoms with E-state index in [9.17, 15) is 19.3 Å². The largest absolute Gasteiger partial charge is 0.468 e. The molecule has 1 fully saturated rings. The minimum atomic E-state index is -1.22. The molecule has 0 unspecified atom stereocenters. The molecule has 1 aliphatic rings. The van der Waals surface area contributed by atoms with Crippen LogP contribution in [0.3, 0.4) is 0 Å². The topological polar surface area (TPSA) is 78.7 Å². The van der Waals surface area contributed by atoms with Gasteiger partial charge in [-0.2, -0.15) is 4.39 Å². The molecule has 0 saturated heterocycles. The predicted molar refractivity (Wildman–Crippen MR) is 65.4 cm³/mol. The molecule has 8 heteroatoms. The van der Waals surface area contributed by atoms with Gasteiger partial charge in [0.25, 0.3) is 0 Å². The summed E-state index contributed by atoms with van der Waals surface area (Å²) in [7, 11) is 1.20. The van der Waals surface area contributed by atoms with Crippen LogP contribution in [-0.4, -0.2) is 23.6 Å². The van der Waals surface area contributed by atoms with E-state index in [0.29, 0.717) is 12.8 Å². The molecule has 1 saturated carbocycles. The van der Waals surface area contributed by atoms with Gasteiger partial charge < -0.3 is 9.47 Å². The van der Waals surface area contributed by atoms with E-state index in [1.807, 2.05) is 0 Å². The normalized spacial score (nSPS) is 15.7. The molecule has 1 aromatic carbocycles. The highest BCUT2D eigenvalue weighted by Crippen LogP contribution is 2.45. The lowest BCUT2D eigenvalue weighted by atomic mass is 10.2. The number of hydrogen-bond acceptors (Lipinski definition) is 5. The second-order valence-electron chi connectivity index (χ2n) is 4.05. The third-order valence-corrected chi connectivity index (χ3v) is 3.39. The van der Waals surface area contributed by atoms with Crippen LogP contribution in [0.15, 0.2) is 16.6 Å². The van der Waals surface area contributed by atoms with E-state index in [2.05, 4.69) is 20.7 Å². The number of nitro benzene ring substituents is 1. The van der Waals surface area contributed by atoms with E-state index in [-0.39, 0.29) is 10.2 Å². The maximum Gasteiger partial charge on any atom is 0.350 e. The number of carbonyl (C=O) groups is 1. The second-order valence-corrected chi connectivity index (χ2v) is 4.91. The van der Waals surface area contributed by atoms with E-state index >= 15 is 0 Å². The van der Waals surface area contributed by atoms with E-state index in [4.69, 9.17) is 4.74 Å². The van der Waals surface area contributed by atoms with Crippen molar-refractivity contribution in [1.29, 1.82) is 0 Å². The van der Waals surface area contributed by atoms with E-state index < -0.39 is 28.0 Å². The molecule has 1 aromatic rings. The van der Waals surface area contributed by atoms with Crippen molar-refractivity contribution in [3.63, 3.8) is 0 Å². The Morgan fingerprint density at radius 1 is 1.53 bits per heavy atom. The van der Waals surface area contributed by atoms with Gasteiger partial charge in [-0.05, 0) is 28.1 Å². The summed E-state index contributed by atoms with van der Waals surface area (Å²) in [5.74, 6) is -1.94. The fourth-order valence-electron chi connectivity index (χ4n) is 1.63. The van der Waals surface area contributed by atoms with Crippen molar-refractivity contribution in [2.45, 2.75) is 18.4 Å². The molecule has 6 nitrogen and oxygen atoms in total. The zero-order valence-electron chi connectivity index (χ0n) is 9.81. The van der Waals surface area contributed by atoms with Gasteiger partial charge in [0.1, 0.15) is 0 Å². The minimum Gasteiger partial charge on any atom is -0.468 e. The van der Waals surface area contributed by atoms with Gasteiger partial charge in [-0.3, -0.25) is 10.1 Å². The van der Waals surface area contributed by atoms with E-state index in [0.717, 1.165) is 0 Å². The lowest BCUT2D eigenvalue weighted by molar-refractivity contribution is -0.388. The zero-order valence-corrected chi connectivity index (χ0v) is 11.4. The Morgan fingerprint density at radius 2 is 2.16 bits per heavy atom. The number of esters is 1. The van der Waals surface area contributed by atoms with E-state index in [1.165, 1.54) is 19.2 Å². The highest BCUT2D eigenvalue weighted by molar-refractivity contribution is 9.10. The maximum absolute atomic E-state index is 13.7. The van der Waals surface area contributed by atoms with Gasteiger partial charge in [0, 0.05) is 12.8 Å². The Morgan fingerprint density at radius 3 is 2.63 bits per heavy atom. The fraction of sp³-hybridized carbons (Fsp3) is 0.364. The molecule has 0 aromatic heterocycles. The smallest absolute Gasteiger partial charge is 0.350 e.